The summed E-state index contributed by atoms with van der Waals surface area (Å²) in [5, 5.41) is 3.60. The van der Waals surface area contributed by atoms with E-state index in [4.69, 9.17) is 4.74 Å². The van der Waals surface area contributed by atoms with E-state index in [-0.39, 0.29) is 0 Å². The summed E-state index contributed by atoms with van der Waals surface area (Å²) in [5.41, 5.74) is 1.32. The molecular formula is C17H28N2O. The summed E-state index contributed by atoms with van der Waals surface area (Å²) in [7, 11) is 1.75. The van der Waals surface area contributed by atoms with Crippen LogP contribution >= 0.6 is 0 Å². The molecule has 1 aliphatic rings. The lowest BCUT2D eigenvalue weighted by Crippen LogP contribution is -2.43. The number of ether oxygens (including phenoxy) is 1. The zero-order valence-electron chi connectivity index (χ0n) is 13.1. The first kappa shape index (κ1) is 15.3. The lowest BCUT2D eigenvalue weighted by molar-refractivity contribution is 0.203. The van der Waals surface area contributed by atoms with Gasteiger partial charge in [0.25, 0.3) is 0 Å². The molecule has 0 radical (unpaired) electrons. The van der Waals surface area contributed by atoms with Crippen LogP contribution in [0.4, 0.5) is 0 Å². The fourth-order valence-corrected chi connectivity index (χ4v) is 2.87. The largest absolute Gasteiger partial charge is 0.496 e. The Balaban J connectivity index is 1.91. The number of methoxy groups -OCH3 is 1. The van der Waals surface area contributed by atoms with E-state index < -0.39 is 0 Å². The first-order chi connectivity index (χ1) is 9.69. The van der Waals surface area contributed by atoms with E-state index in [1.165, 1.54) is 25.1 Å². The van der Waals surface area contributed by atoms with Gasteiger partial charge in [0.05, 0.1) is 7.11 Å². The fourth-order valence-electron chi connectivity index (χ4n) is 2.87. The highest BCUT2D eigenvalue weighted by molar-refractivity contribution is 5.33. The Labute approximate surface area is 123 Å². The highest BCUT2D eigenvalue weighted by Gasteiger charge is 2.16. The highest BCUT2D eigenvalue weighted by atomic mass is 16.5. The molecule has 0 amide bonds. The van der Waals surface area contributed by atoms with E-state index in [2.05, 4.69) is 42.3 Å². The van der Waals surface area contributed by atoms with Crippen molar-refractivity contribution in [1.82, 2.24) is 10.2 Å². The molecule has 2 rings (SSSR count). The van der Waals surface area contributed by atoms with Crippen LogP contribution in [0.3, 0.4) is 0 Å². The number of rotatable bonds is 4. The van der Waals surface area contributed by atoms with Gasteiger partial charge < -0.3 is 15.0 Å². The normalized spacial score (nSPS) is 24.9. The minimum absolute atomic E-state index is 0.631. The molecule has 3 nitrogen and oxygen atoms in total. The molecule has 1 aromatic rings. The topological polar surface area (TPSA) is 24.5 Å². The summed E-state index contributed by atoms with van der Waals surface area (Å²) >= 11 is 0. The average Bonchev–Trinajstić information content (AvgIpc) is 2.46. The molecule has 1 heterocycles. The fraction of sp³-hybridized carbons (Fsp3) is 0.647. The third-order valence-electron chi connectivity index (χ3n) is 4.15. The van der Waals surface area contributed by atoms with E-state index in [9.17, 15) is 0 Å². The average molecular weight is 276 g/mol. The minimum atomic E-state index is 0.631. The van der Waals surface area contributed by atoms with Crippen LogP contribution in [0.2, 0.25) is 0 Å². The lowest BCUT2D eigenvalue weighted by atomic mass is 10.1. The second-order valence-corrected chi connectivity index (χ2v) is 6.07. The zero-order valence-corrected chi connectivity index (χ0v) is 13.1. The summed E-state index contributed by atoms with van der Waals surface area (Å²) in [5.74, 6) is 1.73. The molecule has 0 aliphatic carbocycles. The van der Waals surface area contributed by atoms with Crippen molar-refractivity contribution in [2.45, 2.75) is 32.7 Å². The Hall–Kier alpha value is -1.06. The van der Waals surface area contributed by atoms with Gasteiger partial charge in [-0.3, -0.25) is 0 Å². The Bertz CT molecular complexity index is 408. The van der Waals surface area contributed by atoms with Crippen molar-refractivity contribution < 1.29 is 4.74 Å². The Kier molecular flexibility index (Phi) is 5.86. The van der Waals surface area contributed by atoms with Crippen molar-refractivity contribution in [2.24, 2.45) is 5.92 Å². The van der Waals surface area contributed by atoms with Gasteiger partial charge in [-0.2, -0.15) is 0 Å². The zero-order chi connectivity index (χ0) is 14.4. The molecule has 0 spiro atoms. The predicted molar refractivity (Wildman–Crippen MR) is 84.4 cm³/mol. The number of nitrogens with one attached hydrogen (secondary N) is 1. The lowest BCUT2D eigenvalue weighted by Gasteiger charge is -2.31. The molecule has 20 heavy (non-hydrogen) atoms. The van der Waals surface area contributed by atoms with Gasteiger partial charge in [-0.25, -0.2) is 0 Å². The van der Waals surface area contributed by atoms with Gasteiger partial charge in [0.1, 0.15) is 5.75 Å². The number of hydrogen-bond donors (Lipinski definition) is 1. The monoisotopic (exact) mass is 276 g/mol. The minimum Gasteiger partial charge on any atom is -0.496 e. The van der Waals surface area contributed by atoms with E-state index in [1.54, 1.807) is 7.11 Å². The van der Waals surface area contributed by atoms with E-state index >= 15 is 0 Å². The second-order valence-electron chi connectivity index (χ2n) is 6.07. The van der Waals surface area contributed by atoms with Crippen molar-refractivity contribution in [3.63, 3.8) is 0 Å². The quantitative estimate of drug-likeness (QED) is 0.914. The van der Waals surface area contributed by atoms with Crippen molar-refractivity contribution in [2.75, 3.05) is 33.3 Å². The summed E-state index contributed by atoms with van der Waals surface area (Å²) in [4.78, 5) is 2.61. The molecular weight excluding hydrogens is 248 g/mol. The van der Waals surface area contributed by atoms with Crippen LogP contribution in [0, 0.1) is 5.92 Å². The predicted octanol–water partition coefficient (Wildman–Crippen LogP) is 2.56. The maximum absolute atomic E-state index is 5.44. The third kappa shape index (κ3) is 4.50. The summed E-state index contributed by atoms with van der Waals surface area (Å²) in [6, 6.07) is 8.99. The van der Waals surface area contributed by atoms with Gasteiger partial charge in [-0.1, -0.05) is 25.1 Å². The number of para-hydroxylation sites is 1. The van der Waals surface area contributed by atoms with Crippen LogP contribution < -0.4 is 10.1 Å². The van der Waals surface area contributed by atoms with Gasteiger partial charge in [0.2, 0.25) is 0 Å². The van der Waals surface area contributed by atoms with E-state index in [1.807, 2.05) is 6.07 Å². The van der Waals surface area contributed by atoms with Crippen molar-refractivity contribution in [3.8, 4) is 5.75 Å². The molecule has 1 aromatic carbocycles. The molecule has 1 fully saturated rings. The molecule has 0 aromatic heterocycles. The smallest absolute Gasteiger partial charge is 0.122 e. The highest BCUT2D eigenvalue weighted by Crippen LogP contribution is 2.18. The second kappa shape index (κ2) is 7.65. The van der Waals surface area contributed by atoms with Crippen molar-refractivity contribution >= 4 is 0 Å². The van der Waals surface area contributed by atoms with Crippen LogP contribution in [0.25, 0.3) is 0 Å². The van der Waals surface area contributed by atoms with Crippen LogP contribution in [0.5, 0.6) is 5.75 Å². The number of benzene rings is 1. The summed E-state index contributed by atoms with van der Waals surface area (Å²) in [6.07, 6.45) is 2.30. The molecule has 112 valence electrons. The maximum Gasteiger partial charge on any atom is 0.122 e. The van der Waals surface area contributed by atoms with Crippen LogP contribution in [0.1, 0.15) is 25.8 Å². The molecule has 2 atom stereocenters. The van der Waals surface area contributed by atoms with E-state index in [0.717, 1.165) is 31.2 Å². The molecule has 1 aliphatic heterocycles. The van der Waals surface area contributed by atoms with Crippen molar-refractivity contribution in [3.05, 3.63) is 29.8 Å². The molecule has 1 N–H and O–H groups in total. The van der Waals surface area contributed by atoms with Crippen molar-refractivity contribution in [1.29, 1.82) is 0 Å². The Morgan fingerprint density at radius 2 is 2.10 bits per heavy atom. The molecule has 1 saturated heterocycles. The van der Waals surface area contributed by atoms with Gasteiger partial charge >= 0.3 is 0 Å². The number of hydrogen-bond acceptors (Lipinski definition) is 3. The van der Waals surface area contributed by atoms with Gasteiger partial charge in [-0.05, 0) is 50.4 Å². The van der Waals surface area contributed by atoms with Gasteiger partial charge in [0.15, 0.2) is 0 Å². The van der Waals surface area contributed by atoms with Crippen LogP contribution in [-0.2, 0) is 6.42 Å². The van der Waals surface area contributed by atoms with E-state index in [0.29, 0.717) is 6.04 Å². The molecule has 3 heteroatoms. The maximum atomic E-state index is 5.44. The summed E-state index contributed by atoms with van der Waals surface area (Å²) < 4.78 is 5.44. The number of nitrogens with zero attached hydrogens (tertiary/aromatic N) is 1. The van der Waals surface area contributed by atoms with Crippen LogP contribution in [-0.4, -0.2) is 44.2 Å². The van der Waals surface area contributed by atoms with Gasteiger partial charge in [0, 0.05) is 19.1 Å². The first-order valence-electron chi connectivity index (χ1n) is 7.76. The first-order valence-corrected chi connectivity index (χ1v) is 7.76. The standard InChI is InChI=1S/C17H28N2O/c1-14-12-18-15(2)8-10-19(13-14)11-9-16-6-4-5-7-17(16)20-3/h4-7,14-15,18H,8-13H2,1-3H3. The molecule has 0 bridgehead atoms. The Morgan fingerprint density at radius 3 is 2.90 bits per heavy atom. The molecule has 2 unspecified atom stereocenters. The summed E-state index contributed by atoms with van der Waals surface area (Å²) in [6.45, 7) is 9.25. The van der Waals surface area contributed by atoms with Gasteiger partial charge in [-0.15, -0.1) is 0 Å². The third-order valence-corrected chi connectivity index (χ3v) is 4.15. The van der Waals surface area contributed by atoms with Crippen LogP contribution in [0.15, 0.2) is 24.3 Å². The Morgan fingerprint density at radius 1 is 1.30 bits per heavy atom. The molecule has 0 saturated carbocycles. The SMILES string of the molecule is COc1ccccc1CCN1CCC(C)NCC(C)C1.